The minimum absolute atomic E-state index is 0. The van der Waals surface area contributed by atoms with Crippen molar-refractivity contribution in [3.05, 3.63) is 259 Å². The van der Waals surface area contributed by atoms with Crippen molar-refractivity contribution in [1.82, 2.24) is 0 Å². The number of para-hydroxylation sites is 4. The molecule has 28 heteroatoms. The van der Waals surface area contributed by atoms with Crippen LogP contribution in [0.3, 0.4) is 0 Å². The summed E-state index contributed by atoms with van der Waals surface area (Å²) in [6.07, 6.45) is 41.5. The molecule has 0 spiro atoms. The summed E-state index contributed by atoms with van der Waals surface area (Å²) >= 11 is 0. The topological polar surface area (TPSA) is 73.8 Å². The minimum atomic E-state index is -10.7. The molecule has 12 rings (SSSR count). The second-order valence-electron chi connectivity index (χ2n) is 40.7. The summed E-state index contributed by atoms with van der Waals surface area (Å²) in [5, 5.41) is 5.84. The zero-order valence-electron chi connectivity index (χ0n) is 92.6. The maximum absolute atomic E-state index is 10.7. The van der Waals surface area contributed by atoms with Crippen molar-refractivity contribution in [3.8, 4) is 46.0 Å². The maximum atomic E-state index is 9.87. The van der Waals surface area contributed by atoms with Crippen LogP contribution in [0.2, 0.25) is 0 Å². The molecule has 0 amide bonds. The molecule has 148 heavy (non-hydrogen) atoms. The van der Waals surface area contributed by atoms with Crippen LogP contribution in [-0.4, -0.2) is 98.1 Å². The largest absolute Gasteiger partial charge is 0 e. The van der Waals surface area contributed by atoms with Crippen LogP contribution in [0.5, 0.6) is 46.0 Å². The Hall–Kier alpha value is -5.89. The van der Waals surface area contributed by atoms with Gasteiger partial charge in [-0.25, -0.2) is 0 Å². The fourth-order valence-electron chi connectivity index (χ4n) is 19.5. The molecule has 2 radical (unpaired) electrons. The number of allylic oxidation sites excluding steroid dienone is 8. The van der Waals surface area contributed by atoms with Gasteiger partial charge in [-0.1, -0.05) is 319 Å². The van der Waals surface area contributed by atoms with Gasteiger partial charge >= 0.3 is 66.0 Å². The van der Waals surface area contributed by atoms with Gasteiger partial charge in [0.15, 0.2) is 0 Å². The summed E-state index contributed by atoms with van der Waals surface area (Å²) < 4.78 is 173. The fourth-order valence-corrected chi connectivity index (χ4v) is 31.5. The Morgan fingerprint density at radius 3 is 0.392 bits per heavy atom. The average Bonchev–Trinajstić information content (AvgIpc) is 0.761. The van der Waals surface area contributed by atoms with Gasteiger partial charge in [0.05, 0.1) is 52.9 Å². The molecule has 0 saturated carbocycles. The number of fused-ring (bicyclic) bond motifs is 16. The number of ether oxygens (including phenoxy) is 8. The second-order valence-corrected chi connectivity index (χ2v) is 58.1. The molecular weight excluding hydrogens is 2190 g/mol. The molecule has 8 nitrogen and oxygen atoms in total. The van der Waals surface area contributed by atoms with E-state index >= 15 is 0 Å². The van der Waals surface area contributed by atoms with Crippen LogP contribution in [-0.2, 0) is 90.3 Å². The molecule has 4 aliphatic rings. The van der Waals surface area contributed by atoms with E-state index in [9.17, 15) is 50.4 Å². The summed E-state index contributed by atoms with van der Waals surface area (Å²) in [4.78, 5) is 0. The second kappa shape index (κ2) is 61.6. The van der Waals surface area contributed by atoms with E-state index in [0.29, 0.717) is 98.1 Å². The van der Waals surface area contributed by atoms with Crippen molar-refractivity contribution in [2.24, 2.45) is 0 Å². The molecular formula is C120H172F12O8P6Rh2-2. The predicted molar refractivity (Wildman–Crippen MR) is 608 cm³/mol. The first kappa shape index (κ1) is 133. The monoisotopic (exact) mass is 2360 g/mol. The van der Waals surface area contributed by atoms with E-state index < -0.39 is 47.3 Å². The van der Waals surface area contributed by atoms with E-state index in [1.165, 1.54) is 162 Å². The molecule has 8 aromatic carbocycles. The van der Waals surface area contributed by atoms with Crippen molar-refractivity contribution >= 4 is 68.5 Å². The van der Waals surface area contributed by atoms with Crippen molar-refractivity contribution in [3.63, 3.8) is 0 Å². The molecule has 0 N–H and O–H groups in total. The van der Waals surface area contributed by atoms with Gasteiger partial charge < -0.3 is 37.9 Å². The third-order valence-electron chi connectivity index (χ3n) is 24.6. The van der Waals surface area contributed by atoms with Gasteiger partial charge in [-0.15, -0.1) is 0 Å². The smallest absolute Gasteiger partial charge is 0 e. The van der Waals surface area contributed by atoms with Crippen LogP contribution in [0.25, 0.3) is 0 Å². The number of benzene rings is 8. The van der Waals surface area contributed by atoms with E-state index in [1.807, 2.05) is 0 Å². The van der Waals surface area contributed by atoms with E-state index in [0.717, 1.165) is 149 Å². The molecule has 834 valence electrons. The summed E-state index contributed by atoms with van der Waals surface area (Å²) in [5.41, 5.74) is 24.2. The van der Waals surface area contributed by atoms with Crippen LogP contribution < -0.4 is 59.1 Å². The first-order chi connectivity index (χ1) is 68.7. The summed E-state index contributed by atoms with van der Waals surface area (Å²) in [6.45, 7) is 61.4. The average molecular weight is 2360 g/mol. The van der Waals surface area contributed by atoms with Gasteiger partial charge in [0.2, 0.25) is 0 Å². The van der Waals surface area contributed by atoms with Crippen molar-refractivity contribution in [2.45, 2.75) is 366 Å². The maximum Gasteiger partial charge on any atom is 0 e. The Kier molecular flexibility index (Phi) is 55.1. The van der Waals surface area contributed by atoms with Gasteiger partial charge in [0, 0.05) is 90.3 Å². The molecule has 0 unspecified atom stereocenters. The zero-order valence-corrected chi connectivity index (χ0v) is 101. The molecule has 0 saturated heterocycles. The molecule has 0 fully saturated rings. The van der Waals surface area contributed by atoms with Gasteiger partial charge in [-0.3, -0.25) is 0 Å². The normalized spacial score (nSPS) is 15.4. The van der Waals surface area contributed by atoms with Gasteiger partial charge in [0.25, 0.3) is 0 Å². The van der Waals surface area contributed by atoms with Crippen LogP contribution >= 0.6 is 47.3 Å². The van der Waals surface area contributed by atoms with E-state index in [2.05, 4.69) is 336 Å². The van der Waals surface area contributed by atoms with Gasteiger partial charge in [-0.2, -0.15) is 0 Å². The van der Waals surface area contributed by atoms with Crippen LogP contribution in [0.1, 0.15) is 358 Å². The van der Waals surface area contributed by atoms with Crippen molar-refractivity contribution in [1.29, 1.82) is 0 Å². The molecule has 8 aromatic rings. The summed E-state index contributed by atoms with van der Waals surface area (Å²) in [6, 6.07) is 47.2. The van der Waals surface area contributed by atoms with Gasteiger partial charge in [0.1, 0.15) is 46.0 Å². The third-order valence-corrected chi connectivity index (χ3v) is 36.9. The van der Waals surface area contributed by atoms with Gasteiger partial charge in [-0.05, 0) is 307 Å². The molecule has 16 bridgehead atoms. The number of hydrogen-bond acceptors (Lipinski definition) is 8. The van der Waals surface area contributed by atoms with E-state index in [-0.39, 0.29) is 39.0 Å². The first-order valence-electron chi connectivity index (χ1n) is 53.7. The molecule has 0 aromatic heterocycles. The van der Waals surface area contributed by atoms with Crippen LogP contribution in [0, 0.1) is 0 Å². The fraction of sp³-hybridized carbons (Fsp3) is 0.533. The SMILES string of the molecule is C1=C\CC/C=C\CC/1.C1=C\CC/C=C\CC/1.CCCOc1c2cccc1Cc1cc(P(C(C)C)C(C)C)cc(c1OCCC)Cc1cccc(c1OCCC)Cc1cc(P(C(C)C)C(C)C)cc(c1OCCC)C2.CCCOc1c2cccc1Cc1cc(P(C(C)C)C(C)C)cc(c1OCCC)Cc1cccc(c1OCCC)Cc1cc(P(C(C)C)C(C)C)cc(c1OCCC)C2.F[P-](F)(F)(F)(F)F.F[P-](F)(F)(F)(F)F.[Rh].[Rh]. The standard InChI is InChI=1S/2C52H74O4P2.2C8H12.2F6P.2Rh/c2*1-13-23-53-49-39-19-17-20-40(49)28-44-32-48(58(37(9)10)38(11)12)34-46(52(44)56-26-16-4)30-42-22-18-21-41(50(42)54-24-14-2)29-45-33-47(57(35(5)6)36(7)8)31-43(27-39)51(45)55-25-15-3;2*1-2-4-6-8-7-5-3-1;2*1-7(2,3,4,5)6;;/h2*17-22,31-38H,13-16,23-30H2,1-12H3;2*1-2,7-8H,3-6H2;;;;/q;;;;2*-1;;/b;;2*2-1-,8-7-;;;;. The number of rotatable bonds is 36. The predicted octanol–water partition coefficient (Wildman–Crippen LogP) is 38.8. The van der Waals surface area contributed by atoms with E-state index in [1.54, 1.807) is 0 Å². The minimum Gasteiger partial charge on any atom is 0 e. The Morgan fingerprint density at radius 2 is 0.297 bits per heavy atom. The Bertz CT molecular complexity index is 4610. The quantitative estimate of drug-likeness (QED) is 0.0166. The first-order valence-corrected chi connectivity index (χ1v) is 63.7. The molecule has 0 heterocycles. The van der Waals surface area contributed by atoms with Crippen molar-refractivity contribution < 1.29 is 127 Å². The molecule has 4 aliphatic carbocycles. The zero-order chi connectivity index (χ0) is 108. The Labute approximate surface area is 912 Å². The molecule has 0 aliphatic heterocycles. The number of halogens is 12. The summed E-state index contributed by atoms with van der Waals surface area (Å²) in [5.74, 6) is 8.18. The van der Waals surface area contributed by atoms with Crippen molar-refractivity contribution in [2.75, 3.05) is 52.9 Å². The van der Waals surface area contributed by atoms with Crippen LogP contribution in [0.4, 0.5) is 50.4 Å². The molecule has 0 atom stereocenters. The Balaban J connectivity index is 0.000000400. The third kappa shape index (κ3) is 46.3. The van der Waals surface area contributed by atoms with E-state index in [4.69, 9.17) is 37.9 Å². The summed E-state index contributed by atoms with van der Waals surface area (Å²) in [7, 11) is -23.0. The van der Waals surface area contributed by atoms with Crippen LogP contribution in [0.15, 0.2) is 170 Å². The Morgan fingerprint density at radius 1 is 0.196 bits per heavy atom. The number of hydrogen-bond donors (Lipinski definition) is 0.